The molecule has 1 N–H and O–H groups in total. The van der Waals surface area contributed by atoms with Gasteiger partial charge in [0.05, 0.1) is 5.92 Å². The van der Waals surface area contributed by atoms with E-state index in [1.54, 1.807) is 6.92 Å². The Bertz CT molecular complexity index is 238. The summed E-state index contributed by atoms with van der Waals surface area (Å²) < 4.78 is 0. The molecule has 1 aliphatic rings. The van der Waals surface area contributed by atoms with Gasteiger partial charge in [-0.1, -0.05) is 27.7 Å². The summed E-state index contributed by atoms with van der Waals surface area (Å²) in [7, 11) is 0. The number of aliphatic carboxylic acids is 1. The van der Waals surface area contributed by atoms with Crippen molar-refractivity contribution in [3.05, 3.63) is 0 Å². The second-order valence-electron chi connectivity index (χ2n) is 5.88. The summed E-state index contributed by atoms with van der Waals surface area (Å²) in [4.78, 5) is 13.1. The Kier molecular flexibility index (Phi) is 3.44. The van der Waals surface area contributed by atoms with Crippen molar-refractivity contribution in [1.82, 2.24) is 4.90 Å². The van der Waals surface area contributed by atoms with Crippen LogP contribution >= 0.6 is 0 Å². The molecule has 2 atom stereocenters. The van der Waals surface area contributed by atoms with Crippen LogP contribution < -0.4 is 0 Å². The molecule has 0 radical (unpaired) electrons. The maximum atomic E-state index is 10.8. The molecule has 1 fully saturated rings. The van der Waals surface area contributed by atoms with Crippen LogP contribution in [0.25, 0.3) is 0 Å². The van der Waals surface area contributed by atoms with Gasteiger partial charge in [-0.05, 0) is 18.3 Å². The van der Waals surface area contributed by atoms with Gasteiger partial charge in [-0.15, -0.1) is 0 Å². The van der Waals surface area contributed by atoms with E-state index in [-0.39, 0.29) is 12.0 Å². The Morgan fingerprint density at radius 2 is 1.80 bits per heavy atom. The first-order valence-corrected chi connectivity index (χ1v) is 5.70. The number of hydrogen-bond donors (Lipinski definition) is 1. The zero-order valence-electron chi connectivity index (χ0n) is 10.4. The highest BCUT2D eigenvalue weighted by Crippen LogP contribution is 2.35. The molecule has 15 heavy (non-hydrogen) atoms. The first kappa shape index (κ1) is 12.5. The molecular weight excluding hydrogens is 190 g/mol. The summed E-state index contributed by atoms with van der Waals surface area (Å²) in [5.74, 6) is -0.256. The molecule has 0 aromatic heterocycles. The van der Waals surface area contributed by atoms with E-state index in [9.17, 15) is 4.79 Å². The molecule has 88 valence electrons. The van der Waals surface area contributed by atoms with Gasteiger partial charge in [-0.3, -0.25) is 9.69 Å². The molecule has 0 aromatic rings. The lowest BCUT2D eigenvalue weighted by Gasteiger charge is -2.49. The number of carboxylic acid groups (broad SMARTS) is 1. The summed E-state index contributed by atoms with van der Waals surface area (Å²) in [5, 5.41) is 8.92. The van der Waals surface area contributed by atoms with Crippen LogP contribution in [0.4, 0.5) is 0 Å². The van der Waals surface area contributed by atoms with Gasteiger partial charge in [0, 0.05) is 19.1 Å². The van der Waals surface area contributed by atoms with E-state index in [1.165, 1.54) is 0 Å². The van der Waals surface area contributed by atoms with Crippen molar-refractivity contribution in [1.29, 1.82) is 0 Å². The van der Waals surface area contributed by atoms with Gasteiger partial charge in [-0.2, -0.15) is 0 Å². The Labute approximate surface area is 92.5 Å². The maximum absolute atomic E-state index is 10.8. The molecule has 1 rings (SSSR count). The van der Waals surface area contributed by atoms with Gasteiger partial charge in [0.1, 0.15) is 0 Å². The molecule has 0 saturated carbocycles. The summed E-state index contributed by atoms with van der Waals surface area (Å²) in [5.41, 5.74) is 0.350. The standard InChI is InChI=1S/C12H23NO2/c1-8(11(14)15)9(2)13-6-10(7-13)12(3,4)5/h8-10H,6-7H2,1-5H3,(H,14,15). The molecule has 0 aliphatic carbocycles. The van der Waals surface area contributed by atoms with Crippen LogP contribution in [-0.4, -0.2) is 35.1 Å². The normalized spacial score (nSPS) is 23.3. The minimum Gasteiger partial charge on any atom is -0.481 e. The van der Waals surface area contributed by atoms with E-state index in [4.69, 9.17) is 5.11 Å². The zero-order chi connectivity index (χ0) is 11.8. The number of rotatable bonds is 3. The lowest BCUT2D eigenvalue weighted by atomic mass is 9.75. The van der Waals surface area contributed by atoms with Crippen molar-refractivity contribution in [2.75, 3.05) is 13.1 Å². The average molecular weight is 213 g/mol. The molecule has 3 nitrogen and oxygen atoms in total. The highest BCUT2D eigenvalue weighted by molar-refractivity contribution is 5.70. The first-order valence-electron chi connectivity index (χ1n) is 5.70. The summed E-state index contributed by atoms with van der Waals surface area (Å²) in [6, 6.07) is 0.154. The highest BCUT2D eigenvalue weighted by atomic mass is 16.4. The van der Waals surface area contributed by atoms with Crippen molar-refractivity contribution in [3.8, 4) is 0 Å². The van der Waals surface area contributed by atoms with Crippen LogP contribution in [-0.2, 0) is 4.79 Å². The summed E-state index contributed by atoms with van der Waals surface area (Å²) >= 11 is 0. The molecule has 1 aliphatic heterocycles. The Morgan fingerprint density at radius 1 is 1.33 bits per heavy atom. The van der Waals surface area contributed by atoms with Crippen molar-refractivity contribution in [3.63, 3.8) is 0 Å². The van der Waals surface area contributed by atoms with Gasteiger partial charge in [-0.25, -0.2) is 0 Å². The summed E-state index contributed by atoms with van der Waals surface area (Å²) in [6.45, 7) is 12.6. The third-order valence-electron chi connectivity index (χ3n) is 3.82. The van der Waals surface area contributed by atoms with Crippen molar-refractivity contribution >= 4 is 5.97 Å². The molecule has 2 unspecified atom stereocenters. The fourth-order valence-corrected chi connectivity index (χ4v) is 1.92. The highest BCUT2D eigenvalue weighted by Gasteiger charge is 2.39. The third-order valence-corrected chi connectivity index (χ3v) is 3.82. The minimum absolute atomic E-state index is 0.154. The number of carbonyl (C=O) groups is 1. The zero-order valence-corrected chi connectivity index (χ0v) is 10.4. The molecule has 3 heteroatoms. The topological polar surface area (TPSA) is 40.5 Å². The average Bonchev–Trinajstić information content (AvgIpc) is 1.96. The van der Waals surface area contributed by atoms with Crippen molar-refractivity contribution in [2.24, 2.45) is 17.3 Å². The van der Waals surface area contributed by atoms with E-state index in [0.717, 1.165) is 13.1 Å². The van der Waals surface area contributed by atoms with Gasteiger partial charge in [0.15, 0.2) is 0 Å². The molecule has 0 bridgehead atoms. The second kappa shape index (κ2) is 4.12. The predicted octanol–water partition coefficient (Wildman–Crippen LogP) is 2.07. The summed E-state index contributed by atoms with van der Waals surface area (Å²) in [6.07, 6.45) is 0. The van der Waals surface area contributed by atoms with Crippen LogP contribution in [0.1, 0.15) is 34.6 Å². The molecule has 0 spiro atoms. The lowest BCUT2D eigenvalue weighted by Crippen LogP contribution is -2.57. The Hall–Kier alpha value is -0.570. The lowest BCUT2D eigenvalue weighted by molar-refractivity contribution is -0.145. The van der Waals surface area contributed by atoms with E-state index < -0.39 is 5.97 Å². The number of nitrogens with zero attached hydrogens (tertiary/aromatic N) is 1. The van der Waals surface area contributed by atoms with E-state index in [2.05, 4.69) is 25.7 Å². The van der Waals surface area contributed by atoms with Gasteiger partial charge < -0.3 is 5.11 Å². The fraction of sp³-hybridized carbons (Fsp3) is 0.917. The predicted molar refractivity (Wildman–Crippen MR) is 60.8 cm³/mol. The molecular formula is C12H23NO2. The monoisotopic (exact) mass is 213 g/mol. The van der Waals surface area contributed by atoms with E-state index >= 15 is 0 Å². The van der Waals surface area contributed by atoms with E-state index in [1.807, 2.05) is 6.92 Å². The second-order valence-corrected chi connectivity index (χ2v) is 5.88. The van der Waals surface area contributed by atoms with Gasteiger partial charge >= 0.3 is 5.97 Å². The Morgan fingerprint density at radius 3 is 2.13 bits per heavy atom. The van der Waals surface area contributed by atoms with Crippen molar-refractivity contribution < 1.29 is 9.90 Å². The van der Waals surface area contributed by atoms with Crippen molar-refractivity contribution in [2.45, 2.75) is 40.7 Å². The molecule has 0 amide bonds. The quantitative estimate of drug-likeness (QED) is 0.780. The minimum atomic E-state index is -0.693. The first-order chi connectivity index (χ1) is 6.73. The SMILES string of the molecule is CC(C(=O)O)C(C)N1CC(C(C)(C)C)C1. The molecule has 1 saturated heterocycles. The fourth-order valence-electron chi connectivity index (χ4n) is 1.92. The molecule has 1 heterocycles. The van der Waals surface area contributed by atoms with Crippen LogP contribution in [0.15, 0.2) is 0 Å². The van der Waals surface area contributed by atoms with E-state index in [0.29, 0.717) is 11.3 Å². The molecule has 0 aromatic carbocycles. The van der Waals surface area contributed by atoms with Crippen LogP contribution in [0.2, 0.25) is 0 Å². The van der Waals surface area contributed by atoms with Gasteiger partial charge in [0.2, 0.25) is 0 Å². The van der Waals surface area contributed by atoms with Gasteiger partial charge in [0.25, 0.3) is 0 Å². The number of likely N-dealkylation sites (tertiary alicyclic amines) is 1. The van der Waals surface area contributed by atoms with Crippen LogP contribution in [0.3, 0.4) is 0 Å². The number of carboxylic acids is 1. The smallest absolute Gasteiger partial charge is 0.307 e. The number of hydrogen-bond acceptors (Lipinski definition) is 2. The van der Waals surface area contributed by atoms with Crippen LogP contribution in [0, 0.1) is 17.3 Å². The van der Waals surface area contributed by atoms with Crippen LogP contribution in [0.5, 0.6) is 0 Å². The third kappa shape index (κ3) is 2.71. The Balaban J connectivity index is 2.42. The largest absolute Gasteiger partial charge is 0.481 e. The maximum Gasteiger partial charge on any atom is 0.307 e.